The van der Waals surface area contributed by atoms with Crippen LogP contribution in [0.4, 0.5) is 17.1 Å². The number of hydrogen-bond acceptors (Lipinski definition) is 6. The monoisotopic (exact) mass is 556 g/mol. The van der Waals surface area contributed by atoms with Crippen LogP contribution in [0.3, 0.4) is 0 Å². The molecule has 3 aromatic rings. The van der Waals surface area contributed by atoms with E-state index in [4.69, 9.17) is 27.9 Å². The van der Waals surface area contributed by atoms with Crippen molar-refractivity contribution in [2.75, 3.05) is 43.0 Å². The third-order valence-electron chi connectivity index (χ3n) is 6.09. The van der Waals surface area contributed by atoms with E-state index in [0.29, 0.717) is 49.1 Å². The number of anilines is 2. The van der Waals surface area contributed by atoms with Crippen molar-refractivity contribution in [3.8, 4) is 5.75 Å². The van der Waals surface area contributed by atoms with Gasteiger partial charge in [-0.2, -0.15) is 0 Å². The van der Waals surface area contributed by atoms with Crippen LogP contribution in [0.15, 0.2) is 60.7 Å². The number of rotatable bonds is 8. The van der Waals surface area contributed by atoms with E-state index >= 15 is 0 Å². The molecule has 0 aromatic heterocycles. The van der Waals surface area contributed by atoms with Gasteiger partial charge in [-0.3, -0.25) is 19.7 Å². The van der Waals surface area contributed by atoms with Crippen molar-refractivity contribution in [3.05, 3.63) is 92.0 Å². The normalized spacial score (nSPS) is 13.2. The predicted octanol–water partition coefficient (Wildman–Crippen LogP) is 5.91. The zero-order valence-electron chi connectivity index (χ0n) is 20.7. The molecule has 1 saturated heterocycles. The molecule has 1 fully saturated rings. The number of nitro groups is 1. The number of ether oxygens (including phenoxy) is 1. The van der Waals surface area contributed by atoms with E-state index < -0.39 is 10.8 Å². The molecule has 0 aliphatic carbocycles. The number of halogens is 2. The molecule has 3 aromatic carbocycles. The Kier molecular flexibility index (Phi) is 8.70. The summed E-state index contributed by atoms with van der Waals surface area (Å²) in [6, 6.07) is 16.0. The van der Waals surface area contributed by atoms with Gasteiger partial charge in [0, 0.05) is 49.6 Å². The summed E-state index contributed by atoms with van der Waals surface area (Å²) < 4.78 is 5.58. The quantitative estimate of drug-likeness (QED) is 0.273. The van der Waals surface area contributed by atoms with Gasteiger partial charge in [-0.1, -0.05) is 30.1 Å². The van der Waals surface area contributed by atoms with Crippen LogP contribution in [0, 0.1) is 10.1 Å². The van der Waals surface area contributed by atoms with Crippen LogP contribution in [0.1, 0.15) is 34.1 Å². The Bertz CT molecular complexity index is 1340. The summed E-state index contributed by atoms with van der Waals surface area (Å²) in [6.07, 6.45) is 0.918. The minimum Gasteiger partial charge on any atom is -0.494 e. The maximum Gasteiger partial charge on any atom is 0.270 e. The van der Waals surface area contributed by atoms with Crippen molar-refractivity contribution >= 4 is 52.1 Å². The molecule has 9 nitrogen and oxygen atoms in total. The number of amides is 2. The molecule has 4 rings (SSSR count). The van der Waals surface area contributed by atoms with Crippen molar-refractivity contribution < 1.29 is 19.2 Å². The summed E-state index contributed by atoms with van der Waals surface area (Å²) in [4.78, 5) is 39.9. The molecule has 11 heteroatoms. The van der Waals surface area contributed by atoms with Crippen molar-refractivity contribution in [2.45, 2.75) is 13.3 Å². The highest BCUT2D eigenvalue weighted by Crippen LogP contribution is 2.31. The third-order valence-corrected chi connectivity index (χ3v) is 6.72. The number of nitrogens with one attached hydrogen (secondary N) is 1. The van der Waals surface area contributed by atoms with Gasteiger partial charge in [0.2, 0.25) is 0 Å². The maximum absolute atomic E-state index is 12.9. The maximum atomic E-state index is 12.9. The zero-order valence-corrected chi connectivity index (χ0v) is 22.2. The summed E-state index contributed by atoms with van der Waals surface area (Å²) in [7, 11) is 0. The van der Waals surface area contributed by atoms with Gasteiger partial charge in [-0.15, -0.1) is 0 Å². The first kappa shape index (κ1) is 27.2. The van der Waals surface area contributed by atoms with Crippen LogP contribution in [0.2, 0.25) is 10.0 Å². The molecule has 1 aliphatic rings. The molecule has 0 unspecified atom stereocenters. The molecule has 0 radical (unpaired) electrons. The second-order valence-corrected chi connectivity index (χ2v) is 9.51. The lowest BCUT2D eigenvalue weighted by Gasteiger charge is -2.36. The fourth-order valence-electron chi connectivity index (χ4n) is 4.09. The first-order valence-electron chi connectivity index (χ1n) is 12.1. The largest absolute Gasteiger partial charge is 0.494 e. The molecule has 0 atom stereocenters. The van der Waals surface area contributed by atoms with E-state index in [9.17, 15) is 19.7 Å². The zero-order chi connectivity index (χ0) is 27.2. The highest BCUT2D eigenvalue weighted by atomic mass is 35.5. The van der Waals surface area contributed by atoms with E-state index in [1.807, 2.05) is 24.0 Å². The van der Waals surface area contributed by atoms with Crippen molar-refractivity contribution in [1.82, 2.24) is 4.90 Å². The van der Waals surface area contributed by atoms with Gasteiger partial charge >= 0.3 is 0 Å². The Morgan fingerprint density at radius 3 is 2.32 bits per heavy atom. The van der Waals surface area contributed by atoms with E-state index in [1.165, 1.54) is 12.1 Å². The molecule has 38 heavy (non-hydrogen) atoms. The number of carbonyl (C=O) groups is 2. The average Bonchev–Trinajstić information content (AvgIpc) is 2.92. The summed E-state index contributed by atoms with van der Waals surface area (Å²) in [5, 5.41) is 14.2. The fraction of sp³-hybridized carbons (Fsp3) is 0.259. The molecule has 1 N–H and O–H groups in total. The van der Waals surface area contributed by atoms with Gasteiger partial charge in [0.05, 0.1) is 32.8 Å². The Balaban J connectivity index is 1.36. The van der Waals surface area contributed by atoms with E-state index in [-0.39, 0.29) is 22.2 Å². The number of nitro benzene ring substituents is 1. The van der Waals surface area contributed by atoms with Gasteiger partial charge in [0.25, 0.3) is 17.5 Å². The average molecular weight is 557 g/mol. The predicted molar refractivity (Wildman–Crippen MR) is 148 cm³/mol. The van der Waals surface area contributed by atoms with Crippen LogP contribution >= 0.6 is 23.2 Å². The summed E-state index contributed by atoms with van der Waals surface area (Å²) in [5.74, 6) is 0.130. The molecule has 198 valence electrons. The van der Waals surface area contributed by atoms with Gasteiger partial charge in [0.15, 0.2) is 0 Å². The Morgan fingerprint density at radius 1 is 0.974 bits per heavy atom. The van der Waals surface area contributed by atoms with Crippen molar-refractivity contribution in [3.63, 3.8) is 0 Å². The Hall–Kier alpha value is -3.82. The lowest BCUT2D eigenvalue weighted by Crippen LogP contribution is -2.48. The lowest BCUT2D eigenvalue weighted by atomic mass is 10.1. The van der Waals surface area contributed by atoms with Gasteiger partial charge in [0.1, 0.15) is 5.75 Å². The van der Waals surface area contributed by atoms with Crippen LogP contribution in [0.25, 0.3) is 0 Å². The van der Waals surface area contributed by atoms with Gasteiger partial charge < -0.3 is 19.9 Å². The number of piperazine rings is 1. The SMILES string of the molecule is CCCOc1ccc(C(=O)N2CCN(c3ccc(NC(=O)c4cc([N+](=O)[O-])ccc4Cl)cc3Cl)CC2)cc1. The second-order valence-electron chi connectivity index (χ2n) is 8.69. The molecule has 0 bridgehead atoms. The van der Waals surface area contributed by atoms with E-state index in [1.54, 1.807) is 30.3 Å². The number of hydrogen-bond donors (Lipinski definition) is 1. The number of nitrogens with zero attached hydrogens (tertiary/aromatic N) is 3. The number of benzene rings is 3. The summed E-state index contributed by atoms with van der Waals surface area (Å²) >= 11 is 12.6. The second kappa shape index (κ2) is 12.1. The first-order valence-corrected chi connectivity index (χ1v) is 12.8. The van der Waals surface area contributed by atoms with Crippen molar-refractivity contribution in [1.29, 1.82) is 0 Å². The molecule has 1 heterocycles. The van der Waals surface area contributed by atoms with Crippen LogP contribution in [0.5, 0.6) is 5.75 Å². The summed E-state index contributed by atoms with van der Waals surface area (Å²) in [5.41, 5.74) is 1.58. The van der Waals surface area contributed by atoms with E-state index in [0.717, 1.165) is 23.9 Å². The van der Waals surface area contributed by atoms with Gasteiger partial charge in [-0.05, 0) is 55.0 Å². The van der Waals surface area contributed by atoms with Gasteiger partial charge in [-0.25, -0.2) is 0 Å². The number of carbonyl (C=O) groups excluding carboxylic acids is 2. The Labute approximate surface area is 230 Å². The van der Waals surface area contributed by atoms with Crippen LogP contribution in [-0.4, -0.2) is 54.4 Å². The Morgan fingerprint density at radius 2 is 1.68 bits per heavy atom. The lowest BCUT2D eigenvalue weighted by molar-refractivity contribution is -0.384. The molecular weight excluding hydrogens is 531 g/mol. The summed E-state index contributed by atoms with van der Waals surface area (Å²) in [6.45, 7) is 4.93. The molecule has 0 spiro atoms. The fourth-order valence-corrected chi connectivity index (χ4v) is 4.59. The smallest absolute Gasteiger partial charge is 0.270 e. The third kappa shape index (κ3) is 6.35. The topological polar surface area (TPSA) is 105 Å². The van der Waals surface area contributed by atoms with Crippen LogP contribution < -0.4 is 15.0 Å². The first-order chi connectivity index (χ1) is 18.3. The standard InChI is InChI=1S/C27H26Cl2N4O5/c1-2-15-38-21-7-3-18(4-8-21)27(35)32-13-11-31(12-14-32)25-10-5-19(16-24(25)29)30-26(34)22-17-20(33(36)37)6-9-23(22)28/h3-10,16-17H,2,11-15H2,1H3,(H,30,34). The minimum atomic E-state index is -0.592. The molecule has 2 amide bonds. The molecule has 1 aliphatic heterocycles. The molecular formula is C27H26Cl2N4O5. The highest BCUT2D eigenvalue weighted by Gasteiger charge is 2.24. The van der Waals surface area contributed by atoms with Crippen LogP contribution in [-0.2, 0) is 0 Å². The highest BCUT2D eigenvalue weighted by molar-refractivity contribution is 6.35. The molecule has 0 saturated carbocycles. The number of non-ortho nitro benzene ring substituents is 1. The minimum absolute atomic E-state index is 0.00928. The van der Waals surface area contributed by atoms with E-state index in [2.05, 4.69) is 10.2 Å². The van der Waals surface area contributed by atoms with Crippen molar-refractivity contribution in [2.24, 2.45) is 0 Å².